The number of hydrogen-bond donors (Lipinski definition) is 2. The van der Waals surface area contributed by atoms with E-state index in [1.165, 1.54) is 5.56 Å². The van der Waals surface area contributed by atoms with Crippen molar-refractivity contribution in [3.8, 4) is 0 Å². The molecule has 1 aromatic carbocycles. The third-order valence-corrected chi connectivity index (χ3v) is 3.34. The van der Waals surface area contributed by atoms with Gasteiger partial charge in [0, 0.05) is 19.3 Å². The molecule has 0 fully saturated rings. The quantitative estimate of drug-likeness (QED) is 0.675. The Morgan fingerprint density at radius 3 is 2.47 bits per heavy atom. The van der Waals surface area contributed by atoms with Crippen molar-refractivity contribution in [3.63, 3.8) is 0 Å². The summed E-state index contributed by atoms with van der Waals surface area (Å²) in [4.78, 5) is 0. The minimum Gasteiger partial charge on any atom is -0.387 e. The van der Waals surface area contributed by atoms with Gasteiger partial charge in [0.2, 0.25) is 0 Å². The van der Waals surface area contributed by atoms with E-state index < -0.39 is 6.10 Å². The van der Waals surface area contributed by atoms with E-state index in [9.17, 15) is 5.11 Å². The van der Waals surface area contributed by atoms with Crippen LogP contribution >= 0.6 is 0 Å². The summed E-state index contributed by atoms with van der Waals surface area (Å²) in [5, 5.41) is 13.6. The molecule has 2 N–H and O–H groups in total. The van der Waals surface area contributed by atoms with Crippen molar-refractivity contribution in [1.82, 2.24) is 5.32 Å². The average molecular weight is 265 g/mol. The van der Waals surface area contributed by atoms with Gasteiger partial charge in [0.25, 0.3) is 0 Å². The zero-order chi connectivity index (χ0) is 14.1. The fourth-order valence-electron chi connectivity index (χ4n) is 2.00. The summed E-state index contributed by atoms with van der Waals surface area (Å²) in [6, 6.07) is 8.25. The molecule has 0 amide bonds. The number of hydrogen-bond acceptors (Lipinski definition) is 3. The van der Waals surface area contributed by atoms with Crippen molar-refractivity contribution in [2.45, 2.75) is 45.8 Å². The SMILES string of the molecule is CCOCCCNC(C)C(O)c1ccc(CC)cc1. The molecule has 0 spiro atoms. The molecule has 0 saturated heterocycles. The highest BCUT2D eigenvalue weighted by molar-refractivity contribution is 5.24. The summed E-state index contributed by atoms with van der Waals surface area (Å²) >= 11 is 0. The summed E-state index contributed by atoms with van der Waals surface area (Å²) in [6.45, 7) is 8.55. The van der Waals surface area contributed by atoms with Crippen LogP contribution in [0.25, 0.3) is 0 Å². The van der Waals surface area contributed by atoms with Crippen LogP contribution < -0.4 is 5.32 Å². The normalized spacial score (nSPS) is 14.3. The second-order valence-electron chi connectivity index (χ2n) is 4.83. The first-order valence-electron chi connectivity index (χ1n) is 7.27. The first-order valence-corrected chi connectivity index (χ1v) is 7.27. The van der Waals surface area contributed by atoms with Crippen LogP contribution in [0.4, 0.5) is 0 Å². The highest BCUT2D eigenvalue weighted by Gasteiger charge is 2.15. The second kappa shape index (κ2) is 9.08. The highest BCUT2D eigenvalue weighted by atomic mass is 16.5. The van der Waals surface area contributed by atoms with Crippen molar-refractivity contribution in [3.05, 3.63) is 35.4 Å². The van der Waals surface area contributed by atoms with E-state index in [2.05, 4.69) is 24.4 Å². The van der Waals surface area contributed by atoms with E-state index >= 15 is 0 Å². The molecular formula is C16H27NO2. The fraction of sp³-hybridized carbons (Fsp3) is 0.625. The number of aliphatic hydroxyl groups is 1. The number of nitrogens with one attached hydrogen (secondary N) is 1. The van der Waals surface area contributed by atoms with Gasteiger partial charge in [0.1, 0.15) is 0 Å². The molecule has 108 valence electrons. The van der Waals surface area contributed by atoms with Crippen LogP contribution in [0.2, 0.25) is 0 Å². The maximum atomic E-state index is 10.3. The fourth-order valence-corrected chi connectivity index (χ4v) is 2.00. The molecule has 0 radical (unpaired) electrons. The number of ether oxygens (including phenoxy) is 1. The van der Waals surface area contributed by atoms with Gasteiger partial charge in [-0.1, -0.05) is 31.2 Å². The molecule has 0 bridgehead atoms. The first-order chi connectivity index (χ1) is 9.19. The average Bonchev–Trinajstić information content (AvgIpc) is 2.46. The van der Waals surface area contributed by atoms with Crippen molar-refractivity contribution in [2.24, 2.45) is 0 Å². The Labute approximate surface area is 117 Å². The van der Waals surface area contributed by atoms with E-state index in [1.54, 1.807) is 0 Å². The Hall–Kier alpha value is -0.900. The molecule has 0 saturated carbocycles. The van der Waals surface area contributed by atoms with Crippen LogP contribution in [0.15, 0.2) is 24.3 Å². The second-order valence-corrected chi connectivity index (χ2v) is 4.83. The van der Waals surface area contributed by atoms with Crippen LogP contribution in [0, 0.1) is 0 Å². The summed E-state index contributed by atoms with van der Waals surface area (Å²) in [5.41, 5.74) is 2.27. The van der Waals surface area contributed by atoms with Gasteiger partial charge in [-0.15, -0.1) is 0 Å². The molecule has 0 aliphatic carbocycles. The molecule has 2 unspecified atom stereocenters. The minimum absolute atomic E-state index is 0.0501. The Morgan fingerprint density at radius 2 is 1.89 bits per heavy atom. The van der Waals surface area contributed by atoms with Crippen LogP contribution in [-0.2, 0) is 11.2 Å². The van der Waals surface area contributed by atoms with Crippen molar-refractivity contribution >= 4 is 0 Å². The Morgan fingerprint density at radius 1 is 1.21 bits per heavy atom. The maximum Gasteiger partial charge on any atom is 0.0940 e. The van der Waals surface area contributed by atoms with Crippen LogP contribution in [-0.4, -0.2) is 30.9 Å². The molecule has 1 rings (SSSR count). The minimum atomic E-state index is -0.460. The Kier molecular flexibility index (Phi) is 7.72. The van der Waals surface area contributed by atoms with Gasteiger partial charge in [0.05, 0.1) is 6.10 Å². The first kappa shape index (κ1) is 16.2. The molecule has 0 aliphatic heterocycles. The van der Waals surface area contributed by atoms with Gasteiger partial charge in [-0.25, -0.2) is 0 Å². The van der Waals surface area contributed by atoms with Gasteiger partial charge in [-0.05, 0) is 44.4 Å². The van der Waals surface area contributed by atoms with Crippen molar-refractivity contribution < 1.29 is 9.84 Å². The van der Waals surface area contributed by atoms with E-state index in [4.69, 9.17) is 4.74 Å². The van der Waals surface area contributed by atoms with Crippen LogP contribution in [0.5, 0.6) is 0 Å². The predicted octanol–water partition coefficient (Wildman–Crippen LogP) is 2.69. The summed E-state index contributed by atoms with van der Waals surface area (Å²) in [6.07, 6.45) is 1.54. The van der Waals surface area contributed by atoms with Gasteiger partial charge in [-0.2, -0.15) is 0 Å². The van der Waals surface area contributed by atoms with Crippen molar-refractivity contribution in [2.75, 3.05) is 19.8 Å². The standard InChI is InChI=1S/C16H27NO2/c1-4-14-7-9-15(10-8-14)16(18)13(3)17-11-6-12-19-5-2/h7-10,13,16-18H,4-6,11-12H2,1-3H3. The van der Waals surface area contributed by atoms with E-state index in [0.717, 1.165) is 38.2 Å². The lowest BCUT2D eigenvalue weighted by Crippen LogP contribution is -2.33. The van der Waals surface area contributed by atoms with Gasteiger partial charge in [-0.3, -0.25) is 0 Å². The lowest BCUT2D eigenvalue weighted by atomic mass is 10.0. The van der Waals surface area contributed by atoms with E-state index in [0.29, 0.717) is 0 Å². The van der Waals surface area contributed by atoms with Crippen LogP contribution in [0.3, 0.4) is 0 Å². The molecular weight excluding hydrogens is 238 g/mol. The number of aliphatic hydroxyl groups excluding tert-OH is 1. The molecule has 3 nitrogen and oxygen atoms in total. The largest absolute Gasteiger partial charge is 0.387 e. The third-order valence-electron chi connectivity index (χ3n) is 3.34. The smallest absolute Gasteiger partial charge is 0.0940 e. The number of benzene rings is 1. The number of aryl methyl sites for hydroxylation is 1. The van der Waals surface area contributed by atoms with E-state index in [1.807, 2.05) is 26.0 Å². The summed E-state index contributed by atoms with van der Waals surface area (Å²) in [5.74, 6) is 0. The zero-order valence-electron chi connectivity index (χ0n) is 12.4. The monoisotopic (exact) mass is 265 g/mol. The molecule has 2 atom stereocenters. The van der Waals surface area contributed by atoms with Gasteiger partial charge >= 0.3 is 0 Å². The van der Waals surface area contributed by atoms with Gasteiger partial charge in [0.15, 0.2) is 0 Å². The Balaban J connectivity index is 2.36. The predicted molar refractivity (Wildman–Crippen MR) is 79.4 cm³/mol. The highest BCUT2D eigenvalue weighted by Crippen LogP contribution is 2.17. The summed E-state index contributed by atoms with van der Waals surface area (Å²) in [7, 11) is 0. The molecule has 0 aromatic heterocycles. The maximum absolute atomic E-state index is 10.3. The lowest BCUT2D eigenvalue weighted by Gasteiger charge is -2.21. The molecule has 1 aromatic rings. The molecule has 19 heavy (non-hydrogen) atoms. The third kappa shape index (κ3) is 5.72. The Bertz CT molecular complexity index is 337. The summed E-state index contributed by atoms with van der Waals surface area (Å²) < 4.78 is 5.28. The molecule has 0 aliphatic rings. The number of rotatable bonds is 9. The zero-order valence-corrected chi connectivity index (χ0v) is 12.4. The molecule has 3 heteroatoms. The lowest BCUT2D eigenvalue weighted by molar-refractivity contribution is 0.125. The van der Waals surface area contributed by atoms with Gasteiger partial charge < -0.3 is 15.2 Å². The van der Waals surface area contributed by atoms with Crippen molar-refractivity contribution in [1.29, 1.82) is 0 Å². The molecule has 0 heterocycles. The van der Waals surface area contributed by atoms with Crippen LogP contribution in [0.1, 0.15) is 44.4 Å². The topological polar surface area (TPSA) is 41.5 Å². The van der Waals surface area contributed by atoms with E-state index in [-0.39, 0.29) is 6.04 Å².